The highest BCUT2D eigenvalue weighted by atomic mass is 32.2. The number of fused-ring (bicyclic) bond motifs is 1. The molecule has 0 spiro atoms. The molecule has 0 aliphatic heterocycles. The lowest BCUT2D eigenvalue weighted by atomic mass is 10.2. The van der Waals surface area contributed by atoms with Crippen molar-refractivity contribution >= 4 is 34.5 Å². The van der Waals surface area contributed by atoms with E-state index < -0.39 is 0 Å². The van der Waals surface area contributed by atoms with E-state index in [1.807, 2.05) is 37.3 Å². The number of H-pyrrole nitrogens is 1. The summed E-state index contributed by atoms with van der Waals surface area (Å²) >= 11 is 1.53. The summed E-state index contributed by atoms with van der Waals surface area (Å²) in [5.74, 6) is 0.951. The van der Waals surface area contributed by atoms with Crippen molar-refractivity contribution in [1.82, 2.24) is 25.1 Å². The van der Waals surface area contributed by atoms with Crippen LogP contribution in [0.5, 0.6) is 0 Å². The predicted octanol–water partition coefficient (Wildman–Crippen LogP) is 3.36. The van der Waals surface area contributed by atoms with E-state index in [1.54, 1.807) is 0 Å². The minimum absolute atomic E-state index is 0.0719. The van der Waals surface area contributed by atoms with Gasteiger partial charge in [0.1, 0.15) is 5.82 Å². The summed E-state index contributed by atoms with van der Waals surface area (Å²) in [6.07, 6.45) is 2.12. The first-order valence-electron chi connectivity index (χ1n) is 9.32. The number of hydrogen-bond acceptors (Lipinski definition) is 5. The first-order chi connectivity index (χ1) is 14.1. The fourth-order valence-electron chi connectivity index (χ4n) is 3.22. The zero-order valence-corrected chi connectivity index (χ0v) is 16.8. The Morgan fingerprint density at radius 1 is 1.21 bits per heavy atom. The van der Waals surface area contributed by atoms with Crippen molar-refractivity contribution in [2.24, 2.45) is 0 Å². The van der Waals surface area contributed by atoms with Gasteiger partial charge in [-0.25, -0.2) is 0 Å². The van der Waals surface area contributed by atoms with Gasteiger partial charge in [-0.1, -0.05) is 48.5 Å². The Morgan fingerprint density at radius 3 is 2.72 bits per heavy atom. The number of nitrogens with two attached hydrogens (primary N) is 1. The smallest absolute Gasteiger partial charge is 0.239 e. The van der Waals surface area contributed by atoms with Gasteiger partial charge in [-0.2, -0.15) is 4.98 Å². The number of nitrogens with zero attached hydrogens (tertiary/aromatic N) is 3. The molecule has 148 valence electrons. The van der Waals surface area contributed by atoms with Gasteiger partial charge in [0.15, 0.2) is 0 Å². The summed E-state index contributed by atoms with van der Waals surface area (Å²) in [5, 5.41) is 10.6. The van der Waals surface area contributed by atoms with Crippen LogP contribution in [-0.4, -0.2) is 31.4 Å². The average molecular weight is 407 g/mol. The van der Waals surface area contributed by atoms with E-state index in [0.29, 0.717) is 11.6 Å². The van der Waals surface area contributed by atoms with Gasteiger partial charge in [-0.15, -0.1) is 16.9 Å². The van der Waals surface area contributed by atoms with Gasteiger partial charge in [-0.3, -0.25) is 9.89 Å². The lowest BCUT2D eigenvalue weighted by Crippen LogP contribution is -2.28. The molecule has 1 amide bonds. The van der Waals surface area contributed by atoms with Crippen LogP contribution >= 0.6 is 11.8 Å². The molecule has 2 heterocycles. The number of hydrogen-bond donors (Lipinski definition) is 3. The van der Waals surface area contributed by atoms with E-state index in [2.05, 4.69) is 55.5 Å². The van der Waals surface area contributed by atoms with Crippen molar-refractivity contribution in [3.63, 3.8) is 0 Å². The molecule has 0 saturated carbocycles. The van der Waals surface area contributed by atoms with E-state index in [4.69, 9.17) is 5.73 Å². The molecule has 29 heavy (non-hydrogen) atoms. The van der Waals surface area contributed by atoms with Crippen LogP contribution in [0.3, 0.4) is 0 Å². The van der Waals surface area contributed by atoms with Crippen LogP contribution in [0.25, 0.3) is 10.9 Å². The number of anilines is 1. The molecule has 4 aromatic rings. The van der Waals surface area contributed by atoms with Crippen molar-refractivity contribution in [3.05, 3.63) is 72.2 Å². The normalized spacial score (nSPS) is 12.2. The largest absolute Gasteiger partial charge is 0.367 e. The van der Waals surface area contributed by atoms with E-state index in [0.717, 1.165) is 22.3 Å². The Kier molecular flexibility index (Phi) is 5.53. The first kappa shape index (κ1) is 19.1. The zero-order chi connectivity index (χ0) is 20.2. The molecule has 0 saturated heterocycles. The number of aromatic amines is 1. The van der Waals surface area contributed by atoms with Gasteiger partial charge < -0.3 is 15.6 Å². The maximum absolute atomic E-state index is 12.4. The highest BCUT2D eigenvalue weighted by Gasteiger charge is 2.15. The summed E-state index contributed by atoms with van der Waals surface area (Å²) in [5.41, 5.74) is 7.92. The van der Waals surface area contributed by atoms with Crippen LogP contribution < -0.4 is 11.1 Å². The molecule has 1 atom stereocenters. The highest BCUT2D eigenvalue weighted by Crippen LogP contribution is 2.30. The summed E-state index contributed by atoms with van der Waals surface area (Å²) in [4.78, 5) is 17.5. The molecule has 0 fully saturated rings. The van der Waals surface area contributed by atoms with Gasteiger partial charge >= 0.3 is 0 Å². The maximum Gasteiger partial charge on any atom is 0.239 e. The number of aromatic nitrogens is 4. The third-order valence-corrected chi connectivity index (χ3v) is 5.66. The quantitative estimate of drug-likeness (QED) is 0.409. The van der Waals surface area contributed by atoms with Crippen molar-refractivity contribution in [1.29, 1.82) is 0 Å². The Morgan fingerprint density at radius 2 is 1.97 bits per heavy atom. The van der Waals surface area contributed by atoms with Gasteiger partial charge in [0.05, 0.1) is 11.8 Å². The molecule has 7 nitrogen and oxygen atoms in total. The summed E-state index contributed by atoms with van der Waals surface area (Å²) < 4.78 is 2.23. The summed E-state index contributed by atoms with van der Waals surface area (Å²) in [6.45, 7) is 2.63. The van der Waals surface area contributed by atoms with Crippen molar-refractivity contribution in [2.75, 3.05) is 11.5 Å². The van der Waals surface area contributed by atoms with Crippen molar-refractivity contribution < 1.29 is 4.79 Å². The third kappa shape index (κ3) is 4.43. The fourth-order valence-corrected chi connectivity index (χ4v) is 4.12. The number of carbonyl (C=O) groups is 1. The third-order valence-electron chi connectivity index (χ3n) is 4.61. The lowest BCUT2D eigenvalue weighted by Gasteiger charge is -2.10. The minimum Gasteiger partial charge on any atom is -0.367 e. The van der Waals surface area contributed by atoms with Gasteiger partial charge in [0, 0.05) is 28.5 Å². The average Bonchev–Trinajstić information content (AvgIpc) is 3.31. The Labute approximate surface area is 172 Å². The Bertz CT molecular complexity index is 1120. The molecule has 0 aliphatic rings. The molecule has 2 aromatic heterocycles. The predicted molar refractivity (Wildman–Crippen MR) is 116 cm³/mol. The number of nitrogens with one attached hydrogen (secondary N) is 2. The summed E-state index contributed by atoms with van der Waals surface area (Å²) in [6, 6.07) is 18.3. The van der Waals surface area contributed by atoms with Crippen molar-refractivity contribution in [2.45, 2.75) is 24.4 Å². The van der Waals surface area contributed by atoms with Crippen LogP contribution in [0.15, 0.2) is 65.7 Å². The van der Waals surface area contributed by atoms with E-state index in [-0.39, 0.29) is 17.9 Å². The van der Waals surface area contributed by atoms with E-state index >= 15 is 0 Å². The molecule has 4 N–H and O–H groups in total. The van der Waals surface area contributed by atoms with Crippen LogP contribution in [0.1, 0.15) is 24.4 Å². The Balaban J connectivity index is 1.46. The zero-order valence-electron chi connectivity index (χ0n) is 16.0. The first-order valence-corrected chi connectivity index (χ1v) is 10.3. The molecule has 8 heteroatoms. The number of benzene rings is 2. The molecule has 0 radical (unpaired) electrons. The second kappa shape index (κ2) is 8.40. The van der Waals surface area contributed by atoms with Gasteiger partial charge in [0.2, 0.25) is 11.9 Å². The number of thioether (sulfide) groups is 1. The monoisotopic (exact) mass is 406 g/mol. The summed E-state index contributed by atoms with van der Waals surface area (Å²) in [7, 11) is 0. The highest BCUT2D eigenvalue weighted by molar-refractivity contribution is 8.00. The number of amides is 1. The number of nitrogen functional groups attached to an aromatic ring is 1. The standard InChI is InChI=1S/C21H22N6OS/c1-14(20-24-21(22)26-25-20)23-19(28)13-29-18-12-27(11-15-7-3-2-4-8-15)17-10-6-5-9-16(17)18/h2-10,12,14H,11,13H2,1H3,(H,23,28)(H3,22,24,25,26). The van der Waals surface area contributed by atoms with Gasteiger partial charge in [-0.05, 0) is 18.6 Å². The SMILES string of the molecule is CC(NC(=O)CSc1cn(Cc2ccccc2)c2ccccc12)c1nc(N)n[nH]1. The number of carbonyl (C=O) groups excluding carboxylic acids is 1. The molecule has 4 rings (SSSR count). The number of para-hydroxylation sites is 1. The van der Waals surface area contributed by atoms with Crippen LogP contribution in [0.4, 0.5) is 5.95 Å². The number of rotatable bonds is 7. The Hall–Kier alpha value is -3.26. The topological polar surface area (TPSA) is 102 Å². The van der Waals surface area contributed by atoms with Crippen LogP contribution in [-0.2, 0) is 11.3 Å². The molecule has 2 aromatic carbocycles. The molecule has 1 unspecified atom stereocenters. The molecular formula is C21H22N6OS. The molecule has 0 aliphatic carbocycles. The van der Waals surface area contributed by atoms with Crippen LogP contribution in [0, 0.1) is 0 Å². The van der Waals surface area contributed by atoms with Gasteiger partial charge in [0.25, 0.3) is 0 Å². The lowest BCUT2D eigenvalue weighted by molar-refractivity contribution is -0.119. The second-order valence-corrected chi connectivity index (χ2v) is 7.80. The second-order valence-electron chi connectivity index (χ2n) is 6.78. The molecule has 0 bridgehead atoms. The maximum atomic E-state index is 12.4. The van der Waals surface area contributed by atoms with Crippen molar-refractivity contribution in [3.8, 4) is 0 Å². The fraction of sp³-hybridized carbons (Fsp3) is 0.190. The van der Waals surface area contributed by atoms with Crippen LogP contribution in [0.2, 0.25) is 0 Å². The van der Waals surface area contributed by atoms with E-state index in [9.17, 15) is 4.79 Å². The molecular weight excluding hydrogens is 384 g/mol. The minimum atomic E-state index is -0.285. The van der Waals surface area contributed by atoms with E-state index in [1.165, 1.54) is 17.3 Å².